The fourth-order valence-electron chi connectivity index (χ4n) is 1.82. The van der Waals surface area contributed by atoms with Gasteiger partial charge in [-0.05, 0) is 5.92 Å². The quantitative estimate of drug-likeness (QED) is 0.794. The summed E-state index contributed by atoms with van der Waals surface area (Å²) >= 11 is 0. The van der Waals surface area contributed by atoms with Crippen LogP contribution in [0.1, 0.15) is 35.9 Å². The van der Waals surface area contributed by atoms with Crippen LogP contribution in [0.5, 0.6) is 6.01 Å². The SMILES string of the molecule is COc1ncc(C(=O)N(C)Cc2noc(CC(C)C)n2)cn1. The molecule has 8 nitrogen and oxygen atoms in total. The van der Waals surface area contributed by atoms with E-state index < -0.39 is 0 Å². The topological polar surface area (TPSA) is 94.2 Å². The van der Waals surface area contributed by atoms with E-state index in [1.807, 2.05) is 0 Å². The molecule has 0 saturated carbocycles. The maximum atomic E-state index is 12.3. The molecule has 8 heteroatoms. The fraction of sp³-hybridized carbons (Fsp3) is 0.500. The highest BCUT2D eigenvalue weighted by atomic mass is 16.5. The van der Waals surface area contributed by atoms with Crippen LogP contribution in [0.15, 0.2) is 16.9 Å². The summed E-state index contributed by atoms with van der Waals surface area (Å²) in [5, 5.41) is 3.88. The Hall–Kier alpha value is -2.51. The average molecular weight is 305 g/mol. The Morgan fingerprint density at radius 3 is 2.64 bits per heavy atom. The molecule has 0 unspecified atom stereocenters. The van der Waals surface area contributed by atoms with Gasteiger partial charge in [-0.1, -0.05) is 19.0 Å². The summed E-state index contributed by atoms with van der Waals surface area (Å²) in [5.41, 5.74) is 0.370. The van der Waals surface area contributed by atoms with Gasteiger partial charge >= 0.3 is 6.01 Å². The first-order chi connectivity index (χ1) is 10.5. The lowest BCUT2D eigenvalue weighted by Gasteiger charge is -2.14. The number of nitrogens with zero attached hydrogens (tertiary/aromatic N) is 5. The molecule has 0 radical (unpaired) electrons. The van der Waals surface area contributed by atoms with Crippen molar-refractivity contribution in [1.82, 2.24) is 25.0 Å². The van der Waals surface area contributed by atoms with Gasteiger partial charge in [0.1, 0.15) is 0 Å². The van der Waals surface area contributed by atoms with Crippen molar-refractivity contribution >= 4 is 5.91 Å². The van der Waals surface area contributed by atoms with Crippen LogP contribution in [0.3, 0.4) is 0 Å². The van der Waals surface area contributed by atoms with Crippen molar-refractivity contribution in [3.63, 3.8) is 0 Å². The largest absolute Gasteiger partial charge is 0.467 e. The first-order valence-electron chi connectivity index (χ1n) is 6.92. The Labute approximate surface area is 128 Å². The summed E-state index contributed by atoms with van der Waals surface area (Å²) in [6.07, 6.45) is 3.56. The van der Waals surface area contributed by atoms with Crippen LogP contribution < -0.4 is 4.74 Å². The number of aromatic nitrogens is 4. The Bertz CT molecular complexity index is 624. The summed E-state index contributed by atoms with van der Waals surface area (Å²) in [4.78, 5) is 25.8. The normalized spacial score (nSPS) is 10.8. The molecule has 0 bridgehead atoms. The summed E-state index contributed by atoms with van der Waals surface area (Å²) < 4.78 is 10.0. The number of amides is 1. The second-order valence-corrected chi connectivity index (χ2v) is 5.32. The minimum Gasteiger partial charge on any atom is -0.467 e. The maximum Gasteiger partial charge on any atom is 0.316 e. The van der Waals surface area contributed by atoms with Gasteiger partial charge < -0.3 is 14.2 Å². The fourth-order valence-corrected chi connectivity index (χ4v) is 1.82. The molecule has 118 valence electrons. The van der Waals surface area contributed by atoms with Crippen LogP contribution in [0.25, 0.3) is 0 Å². The number of hydrogen-bond acceptors (Lipinski definition) is 7. The van der Waals surface area contributed by atoms with Gasteiger partial charge in [-0.2, -0.15) is 4.98 Å². The monoisotopic (exact) mass is 305 g/mol. The average Bonchev–Trinajstić information content (AvgIpc) is 2.92. The van der Waals surface area contributed by atoms with E-state index in [-0.39, 0.29) is 18.5 Å². The van der Waals surface area contributed by atoms with Gasteiger partial charge in [-0.25, -0.2) is 9.97 Å². The van der Waals surface area contributed by atoms with E-state index in [9.17, 15) is 4.79 Å². The molecule has 0 aliphatic carbocycles. The summed E-state index contributed by atoms with van der Waals surface area (Å²) in [6.45, 7) is 4.40. The van der Waals surface area contributed by atoms with Crippen LogP contribution in [0, 0.1) is 5.92 Å². The van der Waals surface area contributed by atoms with Crippen LogP contribution in [-0.4, -0.2) is 45.1 Å². The van der Waals surface area contributed by atoms with Crippen LogP contribution in [0.2, 0.25) is 0 Å². The molecule has 2 heterocycles. The van der Waals surface area contributed by atoms with E-state index in [1.54, 1.807) is 7.05 Å². The van der Waals surface area contributed by atoms with Crippen molar-refractivity contribution in [2.75, 3.05) is 14.2 Å². The predicted molar refractivity (Wildman–Crippen MR) is 77.2 cm³/mol. The van der Waals surface area contributed by atoms with E-state index in [1.165, 1.54) is 24.4 Å². The van der Waals surface area contributed by atoms with Crippen molar-refractivity contribution in [2.24, 2.45) is 5.92 Å². The summed E-state index contributed by atoms with van der Waals surface area (Å²) in [5.74, 6) is 1.27. The minimum absolute atomic E-state index is 0.218. The highest BCUT2D eigenvalue weighted by Crippen LogP contribution is 2.09. The highest BCUT2D eigenvalue weighted by molar-refractivity contribution is 5.93. The smallest absolute Gasteiger partial charge is 0.316 e. The lowest BCUT2D eigenvalue weighted by molar-refractivity contribution is 0.0779. The molecular formula is C14H19N5O3. The van der Waals surface area contributed by atoms with E-state index in [2.05, 4.69) is 34.0 Å². The van der Waals surface area contributed by atoms with Crippen molar-refractivity contribution in [3.05, 3.63) is 29.7 Å². The van der Waals surface area contributed by atoms with Crippen molar-refractivity contribution in [2.45, 2.75) is 26.8 Å². The Kier molecular flexibility index (Phi) is 5.03. The molecule has 0 aliphatic rings. The number of hydrogen-bond donors (Lipinski definition) is 0. The van der Waals surface area contributed by atoms with E-state index >= 15 is 0 Å². The molecule has 0 aliphatic heterocycles. The third-order valence-electron chi connectivity index (χ3n) is 2.88. The van der Waals surface area contributed by atoms with E-state index in [0.717, 1.165) is 6.42 Å². The van der Waals surface area contributed by atoms with Gasteiger partial charge in [0, 0.05) is 25.9 Å². The lowest BCUT2D eigenvalue weighted by atomic mass is 10.1. The van der Waals surface area contributed by atoms with Gasteiger partial charge in [0.25, 0.3) is 5.91 Å². The molecular weight excluding hydrogens is 286 g/mol. The third kappa shape index (κ3) is 4.00. The second kappa shape index (κ2) is 6.97. The number of carbonyl (C=O) groups excluding carboxylic acids is 1. The zero-order chi connectivity index (χ0) is 16.1. The van der Waals surface area contributed by atoms with Gasteiger partial charge in [0.05, 0.1) is 19.2 Å². The number of ether oxygens (including phenoxy) is 1. The molecule has 0 aromatic carbocycles. The second-order valence-electron chi connectivity index (χ2n) is 5.32. The van der Waals surface area contributed by atoms with Gasteiger partial charge in [-0.15, -0.1) is 0 Å². The van der Waals surface area contributed by atoms with Crippen molar-refractivity contribution < 1.29 is 14.1 Å². The van der Waals surface area contributed by atoms with Crippen molar-refractivity contribution in [3.8, 4) is 6.01 Å². The lowest BCUT2D eigenvalue weighted by Crippen LogP contribution is -2.27. The number of rotatable bonds is 6. The number of methoxy groups -OCH3 is 1. The highest BCUT2D eigenvalue weighted by Gasteiger charge is 2.16. The molecule has 0 spiro atoms. The van der Waals surface area contributed by atoms with Crippen LogP contribution in [-0.2, 0) is 13.0 Å². The molecule has 0 atom stereocenters. The molecule has 2 rings (SSSR count). The van der Waals surface area contributed by atoms with Crippen molar-refractivity contribution in [1.29, 1.82) is 0 Å². The predicted octanol–water partition coefficient (Wildman–Crippen LogP) is 1.34. The molecule has 2 aromatic rings. The van der Waals surface area contributed by atoms with Gasteiger partial charge in [0.2, 0.25) is 5.89 Å². The van der Waals surface area contributed by atoms with Crippen LogP contribution in [0.4, 0.5) is 0 Å². The number of carbonyl (C=O) groups is 1. The van der Waals surface area contributed by atoms with E-state index in [4.69, 9.17) is 9.26 Å². The van der Waals surface area contributed by atoms with Gasteiger partial charge in [-0.3, -0.25) is 4.79 Å². The molecule has 0 saturated heterocycles. The summed E-state index contributed by atoms with van der Waals surface area (Å²) in [6, 6.07) is 0.218. The zero-order valence-corrected chi connectivity index (χ0v) is 13.1. The standard InChI is InChI=1S/C14H19N5O3/c1-9(2)5-12-17-11(18-22-12)8-19(3)13(20)10-6-15-14(21-4)16-7-10/h6-7,9H,5,8H2,1-4H3. The molecule has 2 aromatic heterocycles. The molecule has 0 fully saturated rings. The summed E-state index contributed by atoms with van der Waals surface area (Å²) in [7, 11) is 3.12. The Morgan fingerprint density at radius 2 is 2.05 bits per heavy atom. The first kappa shape index (κ1) is 15.9. The Morgan fingerprint density at radius 1 is 1.36 bits per heavy atom. The zero-order valence-electron chi connectivity index (χ0n) is 13.1. The van der Waals surface area contributed by atoms with Gasteiger partial charge in [0.15, 0.2) is 5.82 Å². The third-order valence-corrected chi connectivity index (χ3v) is 2.88. The first-order valence-corrected chi connectivity index (χ1v) is 6.92. The Balaban J connectivity index is 1.99. The molecule has 22 heavy (non-hydrogen) atoms. The van der Waals surface area contributed by atoms with Crippen LogP contribution >= 0.6 is 0 Å². The maximum absolute atomic E-state index is 12.3. The van der Waals surface area contributed by atoms with E-state index in [0.29, 0.717) is 23.2 Å². The molecule has 1 amide bonds. The minimum atomic E-state index is -0.224. The molecule has 0 N–H and O–H groups in total.